The number of fused-ring (bicyclic) bond motifs is 1. The fourth-order valence-electron chi connectivity index (χ4n) is 2.26. The monoisotopic (exact) mass is 261 g/mol. The van der Waals surface area contributed by atoms with E-state index in [0.717, 1.165) is 43.7 Å². The summed E-state index contributed by atoms with van der Waals surface area (Å²) in [6.45, 7) is 4.92. The van der Waals surface area contributed by atoms with Gasteiger partial charge in [0.05, 0.1) is 6.42 Å². The third kappa shape index (κ3) is 4.04. The second-order valence-electron chi connectivity index (χ2n) is 5.35. The molecule has 1 aliphatic rings. The van der Waals surface area contributed by atoms with Gasteiger partial charge >= 0.3 is 0 Å². The van der Waals surface area contributed by atoms with Gasteiger partial charge in [0, 0.05) is 5.69 Å². The quantitative estimate of drug-likeness (QED) is 0.648. The van der Waals surface area contributed by atoms with Crippen LogP contribution in [0.5, 0.6) is 0 Å². The summed E-state index contributed by atoms with van der Waals surface area (Å²) < 4.78 is 0. The van der Waals surface area contributed by atoms with Crippen LogP contribution in [0.2, 0.25) is 0 Å². The topological polar surface area (TPSA) is 67.1 Å². The van der Waals surface area contributed by atoms with Gasteiger partial charge < -0.3 is 16.4 Å². The minimum Gasteiger partial charge on any atom is -0.330 e. The highest BCUT2D eigenvalue weighted by atomic mass is 16.1. The molecule has 4 nitrogen and oxygen atoms in total. The summed E-state index contributed by atoms with van der Waals surface area (Å²) in [5.41, 5.74) is 8.96. The first-order valence-corrected chi connectivity index (χ1v) is 7.01. The first-order valence-electron chi connectivity index (χ1n) is 7.01. The Hall–Kier alpha value is -1.39. The van der Waals surface area contributed by atoms with Crippen LogP contribution in [0.3, 0.4) is 0 Å². The average molecular weight is 261 g/mol. The second-order valence-corrected chi connectivity index (χ2v) is 5.35. The molecular formula is C15H23N3O. The smallest absolute Gasteiger partial charge is 0.228 e. The van der Waals surface area contributed by atoms with Gasteiger partial charge in [-0.2, -0.15) is 0 Å². The van der Waals surface area contributed by atoms with Crippen LogP contribution < -0.4 is 16.4 Å². The van der Waals surface area contributed by atoms with Crippen LogP contribution in [0, 0.1) is 5.92 Å². The molecule has 0 radical (unpaired) electrons. The zero-order chi connectivity index (χ0) is 13.7. The molecule has 1 aliphatic heterocycles. The Morgan fingerprint density at radius 2 is 2.26 bits per heavy atom. The van der Waals surface area contributed by atoms with Crippen molar-refractivity contribution in [3.63, 3.8) is 0 Å². The molecule has 4 N–H and O–H groups in total. The molecule has 104 valence electrons. The number of amides is 1. The van der Waals surface area contributed by atoms with Crippen molar-refractivity contribution in [3.8, 4) is 0 Å². The van der Waals surface area contributed by atoms with Gasteiger partial charge in [0.15, 0.2) is 0 Å². The van der Waals surface area contributed by atoms with Gasteiger partial charge in [-0.3, -0.25) is 4.79 Å². The van der Waals surface area contributed by atoms with E-state index in [4.69, 9.17) is 5.73 Å². The lowest BCUT2D eigenvalue weighted by Crippen LogP contribution is -2.22. The van der Waals surface area contributed by atoms with Crippen LogP contribution in [0.15, 0.2) is 18.2 Å². The molecule has 0 bridgehead atoms. The number of carbonyl (C=O) groups is 1. The Morgan fingerprint density at radius 3 is 3.05 bits per heavy atom. The molecule has 0 saturated carbocycles. The summed E-state index contributed by atoms with van der Waals surface area (Å²) in [5.74, 6) is 0.686. The van der Waals surface area contributed by atoms with Gasteiger partial charge in [0.1, 0.15) is 0 Å². The van der Waals surface area contributed by atoms with Crippen molar-refractivity contribution < 1.29 is 4.79 Å². The predicted molar refractivity (Wildman–Crippen MR) is 78.2 cm³/mol. The highest BCUT2D eigenvalue weighted by Crippen LogP contribution is 2.23. The summed E-state index contributed by atoms with van der Waals surface area (Å²) in [6, 6.07) is 6.23. The third-order valence-electron chi connectivity index (χ3n) is 3.60. The molecule has 0 aliphatic carbocycles. The molecule has 1 heterocycles. The van der Waals surface area contributed by atoms with E-state index in [9.17, 15) is 4.79 Å². The number of benzene rings is 1. The Balaban J connectivity index is 1.72. The van der Waals surface area contributed by atoms with Gasteiger partial charge in [-0.1, -0.05) is 19.1 Å². The zero-order valence-corrected chi connectivity index (χ0v) is 11.5. The number of anilines is 1. The van der Waals surface area contributed by atoms with Crippen LogP contribution in [0.1, 0.15) is 24.5 Å². The van der Waals surface area contributed by atoms with E-state index in [-0.39, 0.29) is 5.91 Å². The predicted octanol–water partition coefficient (Wildman–Crippen LogP) is 1.30. The first-order chi connectivity index (χ1) is 9.19. The second kappa shape index (κ2) is 6.68. The largest absolute Gasteiger partial charge is 0.330 e. The standard InChI is InChI=1S/C15H23N3O/c1-11(10-16)4-6-17-7-5-12-2-3-14-13(8-12)9-15(19)18-14/h2-3,8,11,17H,4-7,9-10,16H2,1H3,(H,18,19). The lowest BCUT2D eigenvalue weighted by Gasteiger charge is -2.09. The van der Waals surface area contributed by atoms with Crippen molar-refractivity contribution in [2.24, 2.45) is 11.7 Å². The molecule has 0 fully saturated rings. The van der Waals surface area contributed by atoms with E-state index in [1.54, 1.807) is 0 Å². The highest BCUT2D eigenvalue weighted by molar-refractivity contribution is 5.99. The molecule has 0 saturated heterocycles. The molecule has 0 aromatic heterocycles. The van der Waals surface area contributed by atoms with Gasteiger partial charge in [-0.25, -0.2) is 0 Å². The number of hydrogen-bond acceptors (Lipinski definition) is 3. The Bertz CT molecular complexity index is 445. The summed E-state index contributed by atoms with van der Waals surface area (Å²) in [5, 5.41) is 6.29. The van der Waals surface area contributed by atoms with Crippen LogP contribution in [0.4, 0.5) is 5.69 Å². The summed E-state index contributed by atoms with van der Waals surface area (Å²) in [6.07, 6.45) is 2.64. The molecule has 1 amide bonds. The number of carbonyl (C=O) groups excluding carboxylic acids is 1. The lowest BCUT2D eigenvalue weighted by atomic mass is 10.1. The van der Waals surface area contributed by atoms with E-state index in [1.165, 1.54) is 5.56 Å². The molecule has 0 spiro atoms. The molecular weight excluding hydrogens is 238 g/mol. The molecule has 1 unspecified atom stereocenters. The van der Waals surface area contributed by atoms with Crippen molar-refractivity contribution in [3.05, 3.63) is 29.3 Å². The minimum atomic E-state index is 0.0982. The maximum Gasteiger partial charge on any atom is 0.228 e. The lowest BCUT2D eigenvalue weighted by molar-refractivity contribution is -0.115. The van der Waals surface area contributed by atoms with Crippen LogP contribution in [-0.4, -0.2) is 25.5 Å². The normalized spacial score (nSPS) is 15.2. The van der Waals surface area contributed by atoms with Gasteiger partial charge in [-0.05, 0) is 55.6 Å². The maximum atomic E-state index is 11.3. The SMILES string of the molecule is CC(CN)CCNCCc1ccc2c(c1)CC(=O)N2. The van der Waals surface area contributed by atoms with Crippen molar-refractivity contribution in [1.29, 1.82) is 0 Å². The summed E-state index contributed by atoms with van der Waals surface area (Å²) in [7, 11) is 0. The van der Waals surface area contributed by atoms with E-state index < -0.39 is 0 Å². The summed E-state index contributed by atoms with van der Waals surface area (Å²) >= 11 is 0. The van der Waals surface area contributed by atoms with Gasteiger partial charge in [0.2, 0.25) is 5.91 Å². The molecule has 19 heavy (non-hydrogen) atoms. The van der Waals surface area contributed by atoms with Crippen molar-refractivity contribution >= 4 is 11.6 Å². The van der Waals surface area contributed by atoms with Crippen molar-refractivity contribution in [2.75, 3.05) is 25.0 Å². The van der Waals surface area contributed by atoms with E-state index in [0.29, 0.717) is 12.3 Å². The fraction of sp³-hybridized carbons (Fsp3) is 0.533. The number of hydrogen-bond donors (Lipinski definition) is 3. The summed E-state index contributed by atoms with van der Waals surface area (Å²) in [4.78, 5) is 11.3. The van der Waals surface area contributed by atoms with E-state index >= 15 is 0 Å². The highest BCUT2D eigenvalue weighted by Gasteiger charge is 2.17. The third-order valence-corrected chi connectivity index (χ3v) is 3.60. The number of nitrogens with two attached hydrogens (primary N) is 1. The van der Waals surface area contributed by atoms with E-state index in [2.05, 4.69) is 29.7 Å². The average Bonchev–Trinajstić information content (AvgIpc) is 2.77. The maximum absolute atomic E-state index is 11.3. The number of nitrogens with one attached hydrogen (secondary N) is 2. The number of rotatable bonds is 7. The Labute approximate surface area is 114 Å². The molecule has 1 atom stereocenters. The zero-order valence-electron chi connectivity index (χ0n) is 11.5. The van der Waals surface area contributed by atoms with Crippen LogP contribution in [-0.2, 0) is 17.6 Å². The van der Waals surface area contributed by atoms with Gasteiger partial charge in [-0.15, -0.1) is 0 Å². The molecule has 1 aromatic rings. The molecule has 2 rings (SSSR count). The Morgan fingerprint density at radius 1 is 1.42 bits per heavy atom. The Kier molecular flexibility index (Phi) is 4.93. The van der Waals surface area contributed by atoms with Crippen molar-refractivity contribution in [1.82, 2.24) is 5.32 Å². The molecule has 1 aromatic carbocycles. The van der Waals surface area contributed by atoms with E-state index in [1.807, 2.05) is 6.07 Å². The first kappa shape index (κ1) is 14.0. The van der Waals surface area contributed by atoms with Gasteiger partial charge in [0.25, 0.3) is 0 Å². The minimum absolute atomic E-state index is 0.0982. The van der Waals surface area contributed by atoms with Crippen LogP contribution >= 0.6 is 0 Å². The van der Waals surface area contributed by atoms with Crippen LogP contribution in [0.25, 0.3) is 0 Å². The van der Waals surface area contributed by atoms with Crippen molar-refractivity contribution in [2.45, 2.75) is 26.2 Å². The molecule has 4 heteroatoms. The fourth-order valence-corrected chi connectivity index (χ4v) is 2.26.